The largest absolute Gasteiger partial charge is 0.486 e. The normalized spacial score (nSPS) is 10.0. The fraction of sp³-hybridized carbons (Fsp3) is 0.0714. The minimum absolute atomic E-state index is 0.00901. The van der Waals surface area contributed by atoms with Gasteiger partial charge in [0.05, 0.1) is 11.6 Å². The van der Waals surface area contributed by atoms with Gasteiger partial charge in [0, 0.05) is 16.7 Å². The highest BCUT2D eigenvalue weighted by Gasteiger charge is 2.07. The van der Waals surface area contributed by atoms with E-state index in [9.17, 15) is 8.78 Å². The third-order valence-electron chi connectivity index (χ3n) is 2.46. The Labute approximate surface area is 113 Å². The fourth-order valence-corrected chi connectivity index (χ4v) is 1.71. The van der Waals surface area contributed by atoms with Crippen LogP contribution in [0.5, 0.6) is 5.75 Å². The summed E-state index contributed by atoms with van der Waals surface area (Å²) in [7, 11) is 0. The zero-order valence-corrected chi connectivity index (χ0v) is 10.4. The molecule has 0 aliphatic heterocycles. The zero-order valence-electron chi connectivity index (χ0n) is 9.66. The van der Waals surface area contributed by atoms with Crippen LogP contribution in [0.4, 0.5) is 8.78 Å². The monoisotopic (exact) mass is 279 g/mol. The molecule has 0 atom stereocenters. The predicted molar refractivity (Wildman–Crippen MR) is 66.9 cm³/mol. The standard InChI is InChI=1S/C14H8ClF2NO/c15-12-5-9(7-18)1-2-10(12)8-19-14-6-11(16)3-4-13(14)17/h1-6H,8H2. The highest BCUT2D eigenvalue weighted by molar-refractivity contribution is 6.31. The smallest absolute Gasteiger partial charge is 0.165 e. The number of nitriles is 1. The van der Waals surface area contributed by atoms with Gasteiger partial charge in [-0.2, -0.15) is 5.26 Å². The maximum absolute atomic E-state index is 13.3. The van der Waals surface area contributed by atoms with Crippen molar-refractivity contribution in [3.63, 3.8) is 0 Å². The topological polar surface area (TPSA) is 33.0 Å². The summed E-state index contributed by atoms with van der Waals surface area (Å²) in [5.74, 6) is -1.41. The number of ether oxygens (including phenoxy) is 1. The van der Waals surface area contributed by atoms with Crippen LogP contribution in [-0.2, 0) is 6.61 Å². The molecule has 0 unspecified atom stereocenters. The molecule has 2 aromatic carbocycles. The van der Waals surface area contributed by atoms with E-state index in [0.717, 1.165) is 18.2 Å². The summed E-state index contributed by atoms with van der Waals surface area (Å²) in [5, 5.41) is 9.04. The molecule has 0 aliphatic carbocycles. The van der Waals surface area contributed by atoms with Gasteiger partial charge in [0.1, 0.15) is 12.4 Å². The van der Waals surface area contributed by atoms with Crippen molar-refractivity contribution >= 4 is 11.6 Å². The number of rotatable bonds is 3. The van der Waals surface area contributed by atoms with Crippen LogP contribution in [0.1, 0.15) is 11.1 Å². The van der Waals surface area contributed by atoms with E-state index in [1.807, 2.05) is 6.07 Å². The number of hydrogen-bond donors (Lipinski definition) is 0. The van der Waals surface area contributed by atoms with Gasteiger partial charge in [0.25, 0.3) is 0 Å². The molecule has 2 aromatic rings. The average Bonchev–Trinajstić information content (AvgIpc) is 2.40. The van der Waals surface area contributed by atoms with E-state index in [1.165, 1.54) is 6.07 Å². The molecule has 0 amide bonds. The van der Waals surface area contributed by atoms with E-state index in [-0.39, 0.29) is 12.4 Å². The van der Waals surface area contributed by atoms with Crippen molar-refractivity contribution in [3.8, 4) is 11.8 Å². The summed E-state index contributed by atoms with van der Waals surface area (Å²) in [6.45, 7) is -0.00901. The molecule has 0 N–H and O–H groups in total. The first-order valence-electron chi connectivity index (χ1n) is 5.36. The number of nitrogens with zero attached hydrogens (tertiary/aromatic N) is 1. The first-order valence-corrected chi connectivity index (χ1v) is 5.74. The van der Waals surface area contributed by atoms with Gasteiger partial charge in [-0.3, -0.25) is 0 Å². The minimum Gasteiger partial charge on any atom is -0.486 e. The Morgan fingerprint density at radius 1 is 1.16 bits per heavy atom. The van der Waals surface area contributed by atoms with Crippen molar-refractivity contribution in [2.24, 2.45) is 0 Å². The van der Waals surface area contributed by atoms with Crippen LogP contribution in [0.15, 0.2) is 36.4 Å². The van der Waals surface area contributed by atoms with Crippen molar-refractivity contribution in [3.05, 3.63) is 64.2 Å². The molecule has 19 heavy (non-hydrogen) atoms. The van der Waals surface area contributed by atoms with Crippen LogP contribution in [0.3, 0.4) is 0 Å². The summed E-state index contributed by atoms with van der Waals surface area (Å²) >= 11 is 5.95. The van der Waals surface area contributed by atoms with E-state index in [4.69, 9.17) is 21.6 Å². The number of benzene rings is 2. The lowest BCUT2D eigenvalue weighted by Crippen LogP contribution is -1.99. The van der Waals surface area contributed by atoms with Gasteiger partial charge in [-0.15, -0.1) is 0 Å². The van der Waals surface area contributed by atoms with Crippen molar-refractivity contribution in [1.82, 2.24) is 0 Å². The first-order chi connectivity index (χ1) is 9.10. The van der Waals surface area contributed by atoms with Gasteiger partial charge in [-0.1, -0.05) is 17.7 Å². The molecule has 0 aliphatic rings. The van der Waals surface area contributed by atoms with Crippen LogP contribution < -0.4 is 4.74 Å². The first kappa shape index (κ1) is 13.3. The van der Waals surface area contributed by atoms with Crippen molar-refractivity contribution in [2.45, 2.75) is 6.61 Å². The molecular weight excluding hydrogens is 272 g/mol. The second-order valence-electron chi connectivity index (χ2n) is 3.78. The quantitative estimate of drug-likeness (QED) is 0.848. The van der Waals surface area contributed by atoms with E-state index in [2.05, 4.69) is 0 Å². The Bertz CT molecular complexity index is 652. The minimum atomic E-state index is -0.647. The zero-order chi connectivity index (χ0) is 13.8. The Kier molecular flexibility index (Phi) is 3.98. The lowest BCUT2D eigenvalue weighted by molar-refractivity contribution is 0.288. The molecule has 0 fully saturated rings. The number of hydrogen-bond acceptors (Lipinski definition) is 2. The maximum Gasteiger partial charge on any atom is 0.165 e. The molecule has 0 radical (unpaired) electrons. The summed E-state index contributed by atoms with van der Waals surface area (Å²) in [6, 6.07) is 9.59. The van der Waals surface area contributed by atoms with E-state index >= 15 is 0 Å². The molecular formula is C14H8ClF2NO. The number of halogens is 3. The Hall–Kier alpha value is -2.12. The second-order valence-corrected chi connectivity index (χ2v) is 4.19. The van der Waals surface area contributed by atoms with Gasteiger partial charge in [0.2, 0.25) is 0 Å². The third kappa shape index (κ3) is 3.21. The van der Waals surface area contributed by atoms with E-state index in [0.29, 0.717) is 16.1 Å². The van der Waals surface area contributed by atoms with Gasteiger partial charge >= 0.3 is 0 Å². The van der Waals surface area contributed by atoms with Crippen LogP contribution in [0, 0.1) is 23.0 Å². The summed E-state index contributed by atoms with van der Waals surface area (Å²) < 4.78 is 31.4. The summed E-state index contributed by atoms with van der Waals surface area (Å²) in [4.78, 5) is 0. The molecule has 0 bridgehead atoms. The van der Waals surface area contributed by atoms with Crippen molar-refractivity contribution in [2.75, 3.05) is 0 Å². The molecule has 0 heterocycles. The average molecular weight is 280 g/mol. The molecule has 0 saturated carbocycles. The second kappa shape index (κ2) is 5.68. The van der Waals surface area contributed by atoms with Crippen LogP contribution in [0.25, 0.3) is 0 Å². The van der Waals surface area contributed by atoms with E-state index in [1.54, 1.807) is 12.1 Å². The highest BCUT2D eigenvalue weighted by atomic mass is 35.5. The van der Waals surface area contributed by atoms with Crippen molar-refractivity contribution < 1.29 is 13.5 Å². The fourth-order valence-electron chi connectivity index (χ4n) is 1.48. The van der Waals surface area contributed by atoms with Gasteiger partial charge in [-0.25, -0.2) is 8.78 Å². The highest BCUT2D eigenvalue weighted by Crippen LogP contribution is 2.22. The molecule has 2 rings (SSSR count). The SMILES string of the molecule is N#Cc1ccc(COc2cc(F)ccc2F)c(Cl)c1. The maximum atomic E-state index is 13.3. The summed E-state index contributed by atoms with van der Waals surface area (Å²) in [6.07, 6.45) is 0. The van der Waals surface area contributed by atoms with Crippen LogP contribution in [-0.4, -0.2) is 0 Å². The van der Waals surface area contributed by atoms with Gasteiger partial charge in [-0.05, 0) is 24.3 Å². The summed E-state index contributed by atoms with van der Waals surface area (Å²) in [5.41, 5.74) is 1.01. The predicted octanol–water partition coefficient (Wildman–Crippen LogP) is 4.07. The van der Waals surface area contributed by atoms with Crippen LogP contribution >= 0.6 is 11.6 Å². The lowest BCUT2D eigenvalue weighted by atomic mass is 10.1. The molecule has 2 nitrogen and oxygen atoms in total. The Morgan fingerprint density at radius 3 is 2.63 bits per heavy atom. The molecule has 0 spiro atoms. The molecule has 0 saturated heterocycles. The molecule has 0 aromatic heterocycles. The van der Waals surface area contributed by atoms with Crippen LogP contribution in [0.2, 0.25) is 5.02 Å². The van der Waals surface area contributed by atoms with Gasteiger partial charge in [0.15, 0.2) is 11.6 Å². The molecule has 96 valence electrons. The third-order valence-corrected chi connectivity index (χ3v) is 2.81. The lowest BCUT2D eigenvalue weighted by Gasteiger charge is -2.08. The molecule has 5 heteroatoms. The Balaban J connectivity index is 2.15. The van der Waals surface area contributed by atoms with Gasteiger partial charge < -0.3 is 4.74 Å². The van der Waals surface area contributed by atoms with E-state index < -0.39 is 11.6 Å². The Morgan fingerprint density at radius 2 is 1.95 bits per heavy atom. The van der Waals surface area contributed by atoms with Crippen molar-refractivity contribution in [1.29, 1.82) is 5.26 Å².